The zero-order valence-electron chi connectivity index (χ0n) is 18.2. The monoisotopic (exact) mass is 445 g/mol. The number of imidazole rings is 1. The lowest BCUT2D eigenvalue weighted by molar-refractivity contribution is 0.414. The number of hydrogen-bond acceptors (Lipinski definition) is 6. The number of aromatic amines is 2. The standard InChI is InChI=1S/C24H23N5O4/c1-15-3-5-16(6-4-15)21(26-12-11-17-13-25-14-27-17)20-22(30)28-24(32)29(23(20)31)18-7-9-19(33-2)10-8-18/h3-10,13-14,31H,11-12H2,1-2H3,(H,25,27)(H,28,30,32). The van der Waals surface area contributed by atoms with Crippen LogP contribution in [0.25, 0.3) is 5.69 Å². The van der Waals surface area contributed by atoms with E-state index in [9.17, 15) is 14.7 Å². The maximum absolute atomic E-state index is 12.9. The van der Waals surface area contributed by atoms with Crippen LogP contribution in [0.1, 0.15) is 22.4 Å². The van der Waals surface area contributed by atoms with Crippen LogP contribution < -0.4 is 16.0 Å². The third kappa shape index (κ3) is 4.62. The number of aryl methyl sites for hydroxylation is 1. The second kappa shape index (κ2) is 9.39. The molecule has 9 heteroatoms. The normalized spacial score (nSPS) is 11.5. The first kappa shape index (κ1) is 21.8. The number of H-pyrrole nitrogens is 2. The fourth-order valence-electron chi connectivity index (χ4n) is 3.45. The predicted octanol–water partition coefficient (Wildman–Crippen LogP) is 2.35. The average Bonchev–Trinajstić information content (AvgIpc) is 3.32. The highest BCUT2D eigenvalue weighted by atomic mass is 16.5. The van der Waals surface area contributed by atoms with Gasteiger partial charge in [-0.05, 0) is 31.2 Å². The molecule has 0 aliphatic carbocycles. The van der Waals surface area contributed by atoms with E-state index in [1.165, 1.54) is 7.11 Å². The molecule has 0 aliphatic rings. The van der Waals surface area contributed by atoms with Gasteiger partial charge in [0.2, 0.25) is 5.88 Å². The molecular formula is C24H23N5O4. The summed E-state index contributed by atoms with van der Waals surface area (Å²) >= 11 is 0. The molecule has 0 radical (unpaired) electrons. The number of methoxy groups -OCH3 is 1. The summed E-state index contributed by atoms with van der Waals surface area (Å²) < 4.78 is 6.19. The number of ether oxygens (including phenoxy) is 1. The summed E-state index contributed by atoms with van der Waals surface area (Å²) in [7, 11) is 1.53. The van der Waals surface area contributed by atoms with Crippen LogP contribution in [-0.4, -0.2) is 44.0 Å². The molecule has 9 nitrogen and oxygen atoms in total. The Morgan fingerprint density at radius 3 is 2.48 bits per heavy atom. The summed E-state index contributed by atoms with van der Waals surface area (Å²) in [6, 6.07) is 14.0. The van der Waals surface area contributed by atoms with Crippen LogP contribution in [0.3, 0.4) is 0 Å². The summed E-state index contributed by atoms with van der Waals surface area (Å²) in [4.78, 5) is 39.4. The van der Waals surface area contributed by atoms with E-state index < -0.39 is 17.1 Å². The highest BCUT2D eigenvalue weighted by Crippen LogP contribution is 2.22. The highest BCUT2D eigenvalue weighted by molar-refractivity contribution is 6.14. The van der Waals surface area contributed by atoms with Gasteiger partial charge in [0.1, 0.15) is 11.3 Å². The summed E-state index contributed by atoms with van der Waals surface area (Å²) in [6.07, 6.45) is 3.85. The van der Waals surface area contributed by atoms with Gasteiger partial charge in [0.05, 0.1) is 24.8 Å². The van der Waals surface area contributed by atoms with Gasteiger partial charge in [-0.25, -0.2) is 14.3 Å². The van der Waals surface area contributed by atoms with Crippen molar-refractivity contribution in [1.29, 1.82) is 0 Å². The first-order valence-corrected chi connectivity index (χ1v) is 10.3. The van der Waals surface area contributed by atoms with Crippen molar-refractivity contribution in [2.75, 3.05) is 13.7 Å². The van der Waals surface area contributed by atoms with Crippen LogP contribution in [0.4, 0.5) is 0 Å². The van der Waals surface area contributed by atoms with Gasteiger partial charge in [0, 0.05) is 30.4 Å². The molecule has 0 unspecified atom stereocenters. The Morgan fingerprint density at radius 1 is 1.12 bits per heavy atom. The van der Waals surface area contributed by atoms with Crippen molar-refractivity contribution in [2.45, 2.75) is 13.3 Å². The van der Waals surface area contributed by atoms with Gasteiger partial charge >= 0.3 is 5.69 Å². The maximum atomic E-state index is 12.9. The topological polar surface area (TPSA) is 125 Å². The second-order valence-electron chi connectivity index (χ2n) is 7.41. The molecule has 4 rings (SSSR count). The lowest BCUT2D eigenvalue weighted by Crippen LogP contribution is -2.33. The van der Waals surface area contributed by atoms with Crippen molar-refractivity contribution in [3.63, 3.8) is 0 Å². The van der Waals surface area contributed by atoms with Gasteiger partial charge in [-0.2, -0.15) is 0 Å². The number of aromatic hydroxyl groups is 1. The Kier molecular flexibility index (Phi) is 6.21. The molecule has 0 spiro atoms. The molecule has 0 atom stereocenters. The summed E-state index contributed by atoms with van der Waals surface area (Å²) in [5.41, 5.74) is 1.67. The fourth-order valence-corrected chi connectivity index (χ4v) is 3.45. The number of nitrogens with zero attached hydrogens (tertiary/aromatic N) is 3. The van der Waals surface area contributed by atoms with Crippen molar-refractivity contribution < 1.29 is 9.84 Å². The molecule has 0 fully saturated rings. The van der Waals surface area contributed by atoms with Crippen molar-refractivity contribution in [3.05, 3.63) is 104 Å². The Hall–Kier alpha value is -4.40. The van der Waals surface area contributed by atoms with E-state index in [2.05, 4.69) is 19.9 Å². The lowest BCUT2D eigenvalue weighted by Gasteiger charge is -2.14. The zero-order chi connectivity index (χ0) is 23.4. The minimum absolute atomic E-state index is 0.0844. The van der Waals surface area contributed by atoms with Crippen molar-refractivity contribution in [2.24, 2.45) is 4.99 Å². The van der Waals surface area contributed by atoms with Crippen LogP contribution >= 0.6 is 0 Å². The van der Waals surface area contributed by atoms with Crippen LogP contribution in [0, 0.1) is 6.92 Å². The number of aliphatic imine (C=N–C) groups is 1. The highest BCUT2D eigenvalue weighted by Gasteiger charge is 2.21. The van der Waals surface area contributed by atoms with Crippen LogP contribution in [0.5, 0.6) is 11.6 Å². The van der Waals surface area contributed by atoms with Gasteiger partial charge in [-0.1, -0.05) is 29.8 Å². The van der Waals surface area contributed by atoms with Gasteiger partial charge < -0.3 is 14.8 Å². The molecule has 2 aromatic heterocycles. The third-order valence-corrected chi connectivity index (χ3v) is 5.18. The summed E-state index contributed by atoms with van der Waals surface area (Å²) in [6.45, 7) is 2.29. The van der Waals surface area contributed by atoms with Gasteiger partial charge in [0.25, 0.3) is 5.56 Å². The van der Waals surface area contributed by atoms with Crippen LogP contribution in [-0.2, 0) is 6.42 Å². The predicted molar refractivity (Wildman–Crippen MR) is 125 cm³/mol. The molecule has 3 N–H and O–H groups in total. The Bertz CT molecular complexity index is 1380. The summed E-state index contributed by atoms with van der Waals surface area (Å²) in [5.74, 6) is 0.103. The number of rotatable bonds is 7. The molecule has 0 amide bonds. The number of aromatic nitrogens is 4. The molecule has 4 aromatic rings. The van der Waals surface area contributed by atoms with Gasteiger partial charge in [0.15, 0.2) is 0 Å². The van der Waals surface area contributed by atoms with E-state index in [4.69, 9.17) is 4.74 Å². The number of hydrogen-bond donors (Lipinski definition) is 3. The second-order valence-corrected chi connectivity index (χ2v) is 7.41. The van der Waals surface area contributed by atoms with E-state index in [1.54, 1.807) is 36.8 Å². The number of nitrogens with one attached hydrogen (secondary N) is 2. The molecule has 2 heterocycles. The molecule has 168 valence electrons. The Labute approximate surface area is 189 Å². The minimum atomic E-state index is -0.757. The van der Waals surface area contributed by atoms with E-state index >= 15 is 0 Å². The lowest BCUT2D eigenvalue weighted by atomic mass is 10.0. The Morgan fingerprint density at radius 2 is 1.85 bits per heavy atom. The van der Waals surface area contributed by atoms with Crippen LogP contribution in [0.15, 0.2) is 75.6 Å². The largest absolute Gasteiger partial charge is 0.497 e. The Balaban J connectivity index is 1.85. The van der Waals surface area contributed by atoms with Crippen molar-refractivity contribution >= 4 is 5.71 Å². The molecule has 2 aromatic carbocycles. The van der Waals surface area contributed by atoms with Gasteiger partial charge in [-0.15, -0.1) is 0 Å². The van der Waals surface area contributed by atoms with E-state index in [-0.39, 0.29) is 11.3 Å². The number of benzene rings is 2. The summed E-state index contributed by atoms with van der Waals surface area (Å²) in [5, 5.41) is 11.1. The third-order valence-electron chi connectivity index (χ3n) is 5.18. The average molecular weight is 445 g/mol. The van der Waals surface area contributed by atoms with E-state index in [0.29, 0.717) is 30.0 Å². The molecule has 0 saturated heterocycles. The molecule has 0 saturated carbocycles. The molecule has 0 bridgehead atoms. The molecular weight excluding hydrogens is 422 g/mol. The zero-order valence-corrected chi connectivity index (χ0v) is 18.2. The van der Waals surface area contributed by atoms with E-state index in [0.717, 1.165) is 15.8 Å². The minimum Gasteiger partial charge on any atom is -0.497 e. The fraction of sp³-hybridized carbons (Fsp3) is 0.167. The van der Waals surface area contributed by atoms with Gasteiger partial charge in [-0.3, -0.25) is 14.8 Å². The van der Waals surface area contributed by atoms with Crippen molar-refractivity contribution in [3.8, 4) is 17.3 Å². The smallest absolute Gasteiger partial charge is 0.335 e. The van der Waals surface area contributed by atoms with Crippen molar-refractivity contribution in [1.82, 2.24) is 19.5 Å². The first-order valence-electron chi connectivity index (χ1n) is 10.3. The first-order chi connectivity index (χ1) is 16.0. The maximum Gasteiger partial charge on any atom is 0.335 e. The van der Waals surface area contributed by atoms with Crippen LogP contribution in [0.2, 0.25) is 0 Å². The molecule has 33 heavy (non-hydrogen) atoms. The quantitative estimate of drug-likeness (QED) is 0.377. The molecule has 0 aliphatic heterocycles. The SMILES string of the molecule is COc1ccc(-n2c(O)c(C(=NCCc3cnc[nH]3)c3ccc(C)cc3)c(=O)[nH]c2=O)cc1. The van der Waals surface area contributed by atoms with E-state index in [1.807, 2.05) is 31.2 Å².